The predicted molar refractivity (Wildman–Crippen MR) is 36.8 cm³/mol. The molecule has 0 aliphatic carbocycles. The maximum absolute atomic E-state index is 9.70. The van der Waals surface area contributed by atoms with Crippen LogP contribution in [-0.4, -0.2) is 21.4 Å². The van der Waals surface area contributed by atoms with E-state index in [1.54, 1.807) is 7.05 Å². The van der Waals surface area contributed by atoms with Crippen LogP contribution >= 0.6 is 0 Å². The van der Waals surface area contributed by atoms with Crippen LogP contribution in [-0.2, 0) is 4.79 Å². The van der Waals surface area contributed by atoms with Crippen molar-refractivity contribution in [1.82, 2.24) is 5.32 Å². The first kappa shape index (κ1) is 15.6. The predicted octanol–water partition coefficient (Wildman–Crippen LogP) is 0.398. The molecule has 0 fully saturated rings. The fourth-order valence-electron chi connectivity index (χ4n) is 0. The topological polar surface area (TPSA) is 29.1 Å². The van der Waals surface area contributed by atoms with Gasteiger partial charge in [-0.2, -0.15) is 0 Å². The van der Waals surface area contributed by atoms with Gasteiger partial charge in [0.25, 0.3) is 0 Å². The largest absolute Gasteiger partial charge is 0.359 e. The van der Waals surface area contributed by atoms with Gasteiger partial charge in [-0.15, -0.1) is 0 Å². The van der Waals surface area contributed by atoms with Crippen LogP contribution < -0.4 is 5.32 Å². The molecule has 3 radical (unpaired) electrons. The van der Waals surface area contributed by atoms with E-state index in [9.17, 15) is 4.79 Å². The maximum Gasteiger partial charge on any atom is 0.216 e. The molecule has 0 atom stereocenters. The monoisotopic (exact) mass is 114 g/mol. The van der Waals surface area contributed by atoms with E-state index in [1.165, 1.54) is 6.92 Å². The Hall–Kier alpha value is -0.465. The zero-order chi connectivity index (χ0) is 6.28. The molecule has 0 saturated carbocycles. The Morgan fingerprint density at radius 3 is 1.50 bits per heavy atom. The van der Waals surface area contributed by atoms with E-state index in [1.807, 2.05) is 13.8 Å². The number of carbonyl (C=O) groups is 1. The number of hydrogen-bond acceptors (Lipinski definition) is 1. The number of hydrogen-bond donors (Lipinski definition) is 1. The van der Waals surface area contributed by atoms with E-state index in [4.69, 9.17) is 0 Å². The summed E-state index contributed by atoms with van der Waals surface area (Å²) in [6.45, 7) is 5.47. The first-order chi connectivity index (χ1) is 3.27. The van der Waals surface area contributed by atoms with Crippen molar-refractivity contribution < 1.29 is 4.79 Å². The lowest BCUT2D eigenvalue weighted by molar-refractivity contribution is -0.118. The van der Waals surface area contributed by atoms with E-state index in [2.05, 4.69) is 5.32 Å². The highest BCUT2D eigenvalue weighted by Gasteiger charge is 1.72. The lowest BCUT2D eigenvalue weighted by Gasteiger charge is -1.80. The molecule has 0 aromatic rings. The number of rotatable bonds is 0. The van der Waals surface area contributed by atoms with Gasteiger partial charge < -0.3 is 5.32 Å². The fourth-order valence-corrected chi connectivity index (χ4v) is 0. The third-order valence-corrected chi connectivity index (χ3v) is 0.352. The van der Waals surface area contributed by atoms with Crippen LogP contribution in [0.25, 0.3) is 0 Å². The molecule has 0 saturated heterocycles. The van der Waals surface area contributed by atoms with E-state index in [0.717, 1.165) is 0 Å². The van der Waals surface area contributed by atoms with Gasteiger partial charge >= 0.3 is 0 Å². The lowest BCUT2D eigenvalue weighted by Crippen LogP contribution is -2.11. The Morgan fingerprint density at radius 2 is 1.50 bits per heavy atom. The maximum atomic E-state index is 9.70. The first-order valence-corrected chi connectivity index (χ1v) is 2.45. The summed E-state index contributed by atoms with van der Waals surface area (Å²) in [6, 6.07) is 0. The summed E-state index contributed by atoms with van der Waals surface area (Å²) >= 11 is 0. The summed E-state index contributed by atoms with van der Waals surface area (Å²) in [5, 5.41) is 2.39. The molecule has 2 nitrogen and oxygen atoms in total. The number of amides is 1. The molecule has 0 bridgehead atoms. The molecule has 0 spiro atoms. The molecule has 0 aromatic heterocycles. The lowest BCUT2D eigenvalue weighted by atomic mass is 10.7. The summed E-state index contributed by atoms with van der Waals surface area (Å²) in [7, 11) is 1.60. The summed E-state index contributed by atoms with van der Waals surface area (Å²) in [5.74, 6) is 0.00463. The van der Waals surface area contributed by atoms with Gasteiger partial charge in [-0.1, -0.05) is 13.8 Å². The molecule has 1 amide bonds. The van der Waals surface area contributed by atoms with Crippen molar-refractivity contribution in [3.05, 3.63) is 0 Å². The molecule has 0 unspecified atom stereocenters. The minimum atomic E-state index is 0. The Morgan fingerprint density at radius 1 is 1.38 bits per heavy atom. The van der Waals surface area contributed by atoms with Gasteiger partial charge in [-0.3, -0.25) is 4.79 Å². The molecule has 3 heteroatoms. The third-order valence-electron chi connectivity index (χ3n) is 0.352. The van der Waals surface area contributed by atoms with Crippen LogP contribution in [0.15, 0.2) is 0 Å². The zero-order valence-electron chi connectivity index (χ0n) is 5.99. The molecule has 0 heterocycles. The minimum Gasteiger partial charge on any atom is -0.359 e. The normalized spacial score (nSPS) is 5.00. The summed E-state index contributed by atoms with van der Waals surface area (Å²) in [4.78, 5) is 9.70. The molecule has 1 N–H and O–H groups in total. The number of carbonyl (C=O) groups excluding carboxylic acids is 1. The molecule has 0 aromatic carbocycles. The summed E-state index contributed by atoms with van der Waals surface area (Å²) in [6.07, 6.45) is 0. The Labute approximate surface area is 53.2 Å². The van der Waals surface area contributed by atoms with Crippen LogP contribution in [0.5, 0.6) is 0 Å². The van der Waals surface area contributed by atoms with Gasteiger partial charge in [-0.25, -0.2) is 0 Å². The standard InChI is InChI=1S/C3H7NO.C2H6.B/c1-3(5)4-2;1-2;/h1-2H3,(H,4,5);1-2H3;. The van der Waals surface area contributed by atoms with Crippen molar-refractivity contribution in [3.8, 4) is 0 Å². The minimum absolute atomic E-state index is 0. The highest BCUT2D eigenvalue weighted by molar-refractivity contribution is 5.75. The van der Waals surface area contributed by atoms with Gasteiger partial charge in [0.1, 0.15) is 0 Å². The van der Waals surface area contributed by atoms with Crippen LogP contribution in [0.2, 0.25) is 0 Å². The van der Waals surface area contributed by atoms with Crippen molar-refractivity contribution in [1.29, 1.82) is 0 Å². The Kier molecular flexibility index (Phi) is 31.3. The van der Waals surface area contributed by atoms with Gasteiger partial charge in [0.2, 0.25) is 5.91 Å². The van der Waals surface area contributed by atoms with Crippen molar-refractivity contribution in [2.45, 2.75) is 20.8 Å². The van der Waals surface area contributed by atoms with E-state index < -0.39 is 0 Å². The molecule has 0 aliphatic heterocycles. The highest BCUT2D eigenvalue weighted by atomic mass is 16.1. The van der Waals surface area contributed by atoms with Gasteiger partial charge in [0.05, 0.1) is 0 Å². The second-order valence-corrected chi connectivity index (χ2v) is 0.806. The average Bonchev–Trinajstić information content (AvgIpc) is 1.73. The quantitative estimate of drug-likeness (QED) is 0.453. The Balaban J connectivity index is -0.0000000750. The highest BCUT2D eigenvalue weighted by Crippen LogP contribution is 1.45. The molecule has 47 valence electrons. The second-order valence-electron chi connectivity index (χ2n) is 0.806. The van der Waals surface area contributed by atoms with Gasteiger partial charge in [0.15, 0.2) is 0 Å². The number of nitrogens with one attached hydrogen (secondary N) is 1. The van der Waals surface area contributed by atoms with Crippen molar-refractivity contribution in [2.75, 3.05) is 7.05 Å². The second kappa shape index (κ2) is 16.0. The molecule has 8 heavy (non-hydrogen) atoms. The fraction of sp³-hybridized carbons (Fsp3) is 0.800. The molecule has 0 aliphatic rings. The zero-order valence-corrected chi connectivity index (χ0v) is 5.99. The third kappa shape index (κ3) is 48.3. The van der Waals surface area contributed by atoms with Crippen LogP contribution in [0, 0.1) is 0 Å². The molecular formula is C5H13BNO. The van der Waals surface area contributed by atoms with E-state index in [-0.39, 0.29) is 14.3 Å². The van der Waals surface area contributed by atoms with Crippen molar-refractivity contribution in [2.24, 2.45) is 0 Å². The van der Waals surface area contributed by atoms with Crippen LogP contribution in [0.3, 0.4) is 0 Å². The average molecular weight is 114 g/mol. The summed E-state index contributed by atoms with van der Waals surface area (Å²) in [5.41, 5.74) is 0. The molecular weight excluding hydrogens is 101 g/mol. The van der Waals surface area contributed by atoms with Crippen LogP contribution in [0.4, 0.5) is 0 Å². The first-order valence-electron chi connectivity index (χ1n) is 2.45. The molecule has 0 rings (SSSR count). The summed E-state index contributed by atoms with van der Waals surface area (Å²) < 4.78 is 0. The van der Waals surface area contributed by atoms with Crippen molar-refractivity contribution in [3.63, 3.8) is 0 Å². The SMILES string of the molecule is CC.CNC(C)=O.[B]. The van der Waals surface area contributed by atoms with Crippen molar-refractivity contribution >= 4 is 14.3 Å². The van der Waals surface area contributed by atoms with E-state index >= 15 is 0 Å². The van der Waals surface area contributed by atoms with Gasteiger partial charge in [0, 0.05) is 22.4 Å². The Bertz CT molecular complexity index is 47.7. The smallest absolute Gasteiger partial charge is 0.216 e. The van der Waals surface area contributed by atoms with Gasteiger partial charge in [-0.05, 0) is 0 Å². The van der Waals surface area contributed by atoms with E-state index in [0.29, 0.717) is 0 Å². The van der Waals surface area contributed by atoms with Crippen LogP contribution in [0.1, 0.15) is 20.8 Å².